The highest BCUT2D eigenvalue weighted by atomic mass is 16.2. The van der Waals surface area contributed by atoms with Crippen LogP contribution in [0.4, 0.5) is 0 Å². The zero-order valence-corrected chi connectivity index (χ0v) is 12.1. The van der Waals surface area contributed by atoms with E-state index in [1.165, 1.54) is 0 Å². The Balaban J connectivity index is 1.64. The molecule has 110 valence electrons. The average molecular weight is 285 g/mol. The summed E-state index contributed by atoms with van der Waals surface area (Å²) in [6.07, 6.45) is 10.1. The SMILES string of the molecule is CC(=O)N1CCC[C@@H](Cc2cnc(-c3ncc[nH]3)cn2)C1. The van der Waals surface area contributed by atoms with E-state index in [-0.39, 0.29) is 5.91 Å². The monoisotopic (exact) mass is 285 g/mol. The molecule has 0 spiro atoms. The number of H-pyrrole nitrogens is 1. The highest BCUT2D eigenvalue weighted by Crippen LogP contribution is 2.20. The van der Waals surface area contributed by atoms with Crippen molar-refractivity contribution in [1.29, 1.82) is 0 Å². The van der Waals surface area contributed by atoms with E-state index in [1.54, 1.807) is 25.5 Å². The number of carbonyl (C=O) groups excluding carboxylic acids is 1. The fourth-order valence-corrected chi connectivity index (χ4v) is 2.80. The Hall–Kier alpha value is -2.24. The van der Waals surface area contributed by atoms with E-state index in [1.807, 2.05) is 11.1 Å². The molecule has 0 saturated carbocycles. The van der Waals surface area contributed by atoms with Crippen molar-refractivity contribution in [1.82, 2.24) is 24.8 Å². The molecule has 0 aliphatic carbocycles. The van der Waals surface area contributed by atoms with Crippen LogP contribution in [0.5, 0.6) is 0 Å². The van der Waals surface area contributed by atoms with Crippen molar-refractivity contribution in [3.8, 4) is 11.5 Å². The lowest BCUT2D eigenvalue weighted by atomic mass is 9.93. The van der Waals surface area contributed by atoms with Crippen molar-refractivity contribution in [3.05, 3.63) is 30.5 Å². The summed E-state index contributed by atoms with van der Waals surface area (Å²) in [5, 5.41) is 0. The second-order valence-electron chi connectivity index (χ2n) is 5.51. The molecule has 6 heteroatoms. The van der Waals surface area contributed by atoms with E-state index < -0.39 is 0 Å². The molecular formula is C15H19N5O. The fraction of sp³-hybridized carbons (Fsp3) is 0.467. The van der Waals surface area contributed by atoms with Gasteiger partial charge in [-0.2, -0.15) is 0 Å². The van der Waals surface area contributed by atoms with Gasteiger partial charge >= 0.3 is 0 Å². The van der Waals surface area contributed by atoms with Crippen molar-refractivity contribution in [3.63, 3.8) is 0 Å². The number of carbonyl (C=O) groups is 1. The number of amides is 1. The Kier molecular flexibility index (Phi) is 3.94. The van der Waals surface area contributed by atoms with Gasteiger partial charge in [0.05, 0.1) is 11.9 Å². The predicted molar refractivity (Wildman–Crippen MR) is 78.3 cm³/mol. The largest absolute Gasteiger partial charge is 0.343 e. The second-order valence-corrected chi connectivity index (χ2v) is 5.51. The summed E-state index contributed by atoms with van der Waals surface area (Å²) in [6, 6.07) is 0. The van der Waals surface area contributed by atoms with Gasteiger partial charge in [-0.3, -0.25) is 9.78 Å². The Morgan fingerprint density at radius 3 is 2.95 bits per heavy atom. The van der Waals surface area contributed by atoms with Crippen LogP contribution in [0, 0.1) is 5.92 Å². The fourth-order valence-electron chi connectivity index (χ4n) is 2.80. The maximum Gasteiger partial charge on any atom is 0.219 e. The maximum absolute atomic E-state index is 11.5. The van der Waals surface area contributed by atoms with Gasteiger partial charge in [0, 0.05) is 38.6 Å². The second kappa shape index (κ2) is 6.03. The highest BCUT2D eigenvalue weighted by Gasteiger charge is 2.22. The molecule has 0 bridgehead atoms. The Labute approximate surface area is 123 Å². The van der Waals surface area contributed by atoms with Crippen LogP contribution in [0.1, 0.15) is 25.5 Å². The summed E-state index contributed by atoms with van der Waals surface area (Å²) in [6.45, 7) is 3.35. The van der Waals surface area contributed by atoms with Gasteiger partial charge < -0.3 is 9.88 Å². The number of nitrogens with one attached hydrogen (secondary N) is 1. The zero-order chi connectivity index (χ0) is 14.7. The van der Waals surface area contributed by atoms with Crippen molar-refractivity contribution < 1.29 is 4.79 Å². The van der Waals surface area contributed by atoms with Gasteiger partial charge in [0.1, 0.15) is 5.69 Å². The molecule has 0 aromatic carbocycles. The van der Waals surface area contributed by atoms with Crippen molar-refractivity contribution in [2.24, 2.45) is 5.92 Å². The first kappa shape index (κ1) is 13.7. The first-order chi connectivity index (χ1) is 10.2. The van der Waals surface area contributed by atoms with E-state index in [9.17, 15) is 4.79 Å². The van der Waals surface area contributed by atoms with Crippen molar-refractivity contribution in [2.75, 3.05) is 13.1 Å². The quantitative estimate of drug-likeness (QED) is 0.930. The first-order valence-corrected chi connectivity index (χ1v) is 7.28. The molecule has 1 fully saturated rings. The molecule has 1 atom stereocenters. The number of hydrogen-bond acceptors (Lipinski definition) is 4. The predicted octanol–water partition coefficient (Wildman–Crippen LogP) is 1.67. The van der Waals surface area contributed by atoms with Gasteiger partial charge in [-0.25, -0.2) is 9.97 Å². The third-order valence-corrected chi connectivity index (χ3v) is 3.91. The minimum absolute atomic E-state index is 0.166. The van der Waals surface area contributed by atoms with E-state index in [2.05, 4.69) is 19.9 Å². The van der Waals surface area contributed by atoms with Crippen LogP contribution in [0.2, 0.25) is 0 Å². The van der Waals surface area contributed by atoms with Crippen LogP contribution in [-0.4, -0.2) is 43.8 Å². The molecular weight excluding hydrogens is 266 g/mol. The van der Waals surface area contributed by atoms with Crippen molar-refractivity contribution in [2.45, 2.75) is 26.2 Å². The molecule has 3 rings (SSSR count). The summed E-state index contributed by atoms with van der Waals surface area (Å²) >= 11 is 0. The topological polar surface area (TPSA) is 74.8 Å². The van der Waals surface area contributed by atoms with Gasteiger partial charge in [-0.15, -0.1) is 0 Å². The number of rotatable bonds is 3. The molecule has 21 heavy (non-hydrogen) atoms. The van der Waals surface area contributed by atoms with E-state index in [4.69, 9.17) is 0 Å². The zero-order valence-electron chi connectivity index (χ0n) is 12.1. The molecule has 3 heterocycles. The molecule has 2 aromatic heterocycles. The number of piperidine rings is 1. The standard InChI is InChI=1S/C15H19N5O/c1-11(21)20-6-2-3-12(10-20)7-13-8-19-14(9-18-13)15-16-4-5-17-15/h4-5,8-9,12H,2-3,6-7,10H2,1H3,(H,16,17)/t12-/m0/s1. The first-order valence-electron chi connectivity index (χ1n) is 7.28. The van der Waals surface area contributed by atoms with Crippen LogP contribution in [0.15, 0.2) is 24.8 Å². The Morgan fingerprint density at radius 1 is 1.38 bits per heavy atom. The molecule has 2 aromatic rings. The molecule has 6 nitrogen and oxygen atoms in total. The van der Waals surface area contributed by atoms with Gasteiger partial charge in [-0.05, 0) is 25.2 Å². The van der Waals surface area contributed by atoms with Crippen LogP contribution in [0.25, 0.3) is 11.5 Å². The third-order valence-electron chi connectivity index (χ3n) is 3.91. The van der Waals surface area contributed by atoms with Crippen LogP contribution >= 0.6 is 0 Å². The number of likely N-dealkylation sites (tertiary alicyclic amines) is 1. The maximum atomic E-state index is 11.5. The number of nitrogens with zero attached hydrogens (tertiary/aromatic N) is 4. The van der Waals surface area contributed by atoms with Gasteiger partial charge in [0.15, 0.2) is 5.82 Å². The van der Waals surface area contributed by atoms with Crippen molar-refractivity contribution >= 4 is 5.91 Å². The molecule has 1 saturated heterocycles. The van der Waals surface area contributed by atoms with Gasteiger partial charge in [0.2, 0.25) is 5.91 Å². The average Bonchev–Trinajstić information content (AvgIpc) is 3.02. The van der Waals surface area contributed by atoms with Crippen LogP contribution in [-0.2, 0) is 11.2 Å². The lowest BCUT2D eigenvalue weighted by Crippen LogP contribution is -2.39. The number of hydrogen-bond donors (Lipinski definition) is 1. The number of aromatic amines is 1. The normalized spacial score (nSPS) is 18.7. The minimum atomic E-state index is 0.166. The molecule has 1 N–H and O–H groups in total. The summed E-state index contributed by atoms with van der Waals surface area (Å²) in [5.74, 6) is 1.37. The van der Waals surface area contributed by atoms with E-state index in [0.29, 0.717) is 5.92 Å². The third kappa shape index (κ3) is 3.26. The summed E-state index contributed by atoms with van der Waals surface area (Å²) < 4.78 is 0. The van der Waals surface area contributed by atoms with Gasteiger partial charge in [-0.1, -0.05) is 0 Å². The number of aromatic nitrogens is 4. The number of imidazole rings is 1. The Morgan fingerprint density at radius 2 is 2.29 bits per heavy atom. The van der Waals surface area contributed by atoms with E-state index in [0.717, 1.165) is 49.6 Å². The Bertz CT molecular complexity index is 593. The highest BCUT2D eigenvalue weighted by molar-refractivity contribution is 5.73. The van der Waals surface area contributed by atoms with Crippen LogP contribution < -0.4 is 0 Å². The smallest absolute Gasteiger partial charge is 0.219 e. The summed E-state index contributed by atoms with van der Waals surface area (Å²) in [7, 11) is 0. The molecule has 0 radical (unpaired) electrons. The lowest BCUT2D eigenvalue weighted by Gasteiger charge is -2.31. The molecule has 1 aliphatic heterocycles. The minimum Gasteiger partial charge on any atom is -0.343 e. The summed E-state index contributed by atoms with van der Waals surface area (Å²) in [5.41, 5.74) is 1.72. The van der Waals surface area contributed by atoms with Gasteiger partial charge in [0.25, 0.3) is 0 Å². The summed E-state index contributed by atoms with van der Waals surface area (Å²) in [4.78, 5) is 29.4. The molecule has 0 unspecified atom stereocenters. The molecule has 1 amide bonds. The molecule has 1 aliphatic rings. The van der Waals surface area contributed by atoms with E-state index >= 15 is 0 Å². The van der Waals surface area contributed by atoms with Crippen LogP contribution in [0.3, 0.4) is 0 Å². The lowest BCUT2D eigenvalue weighted by molar-refractivity contribution is -0.130.